The quantitative estimate of drug-likeness (QED) is 0.0204. The van der Waals surface area contributed by atoms with E-state index in [-0.39, 0.29) is 12.5 Å². The fraction of sp³-hybridized carbons (Fsp3) is 0.924. The number of aliphatic hydroxyl groups is 8. The molecule has 2 saturated heterocycles. The molecule has 1 amide bonds. The first-order valence-electron chi connectivity index (χ1n) is 33.6. The molecule has 14 nitrogen and oxygen atoms in total. The number of carbonyl (C=O) groups excluding carboxylic acids is 1. The Hall–Kier alpha value is -1.53. The first-order chi connectivity index (χ1) is 39.1. The minimum Gasteiger partial charge on any atom is -0.394 e. The van der Waals surface area contributed by atoms with Gasteiger partial charge >= 0.3 is 0 Å². The first kappa shape index (κ1) is 74.6. The van der Waals surface area contributed by atoms with Crippen molar-refractivity contribution in [3.05, 3.63) is 24.3 Å². The zero-order valence-corrected chi connectivity index (χ0v) is 51.1. The van der Waals surface area contributed by atoms with Crippen LogP contribution in [0.3, 0.4) is 0 Å². The van der Waals surface area contributed by atoms with Gasteiger partial charge in [0.05, 0.1) is 32.0 Å². The van der Waals surface area contributed by atoms with Crippen molar-refractivity contribution in [3.8, 4) is 0 Å². The summed E-state index contributed by atoms with van der Waals surface area (Å²) in [6.45, 7) is 2.81. The summed E-state index contributed by atoms with van der Waals surface area (Å²) in [5.41, 5.74) is 0. The average Bonchev–Trinajstić information content (AvgIpc) is 3.48. The summed E-state index contributed by atoms with van der Waals surface area (Å²) < 4.78 is 22.7. The maximum Gasteiger partial charge on any atom is 0.220 e. The van der Waals surface area contributed by atoms with Crippen LogP contribution < -0.4 is 5.32 Å². The fourth-order valence-electron chi connectivity index (χ4n) is 11.3. The minimum absolute atomic E-state index is 0.205. The number of hydrogen-bond donors (Lipinski definition) is 9. The van der Waals surface area contributed by atoms with Crippen molar-refractivity contribution in [2.75, 3.05) is 19.8 Å². The molecule has 0 aromatic rings. The third kappa shape index (κ3) is 36.3. The Labute approximate surface area is 488 Å². The third-order valence-electron chi connectivity index (χ3n) is 16.7. The summed E-state index contributed by atoms with van der Waals surface area (Å²) in [7, 11) is 0. The van der Waals surface area contributed by atoms with Gasteiger partial charge in [-0.25, -0.2) is 0 Å². The molecule has 9 N–H and O–H groups in total. The summed E-state index contributed by atoms with van der Waals surface area (Å²) in [4.78, 5) is 13.2. The molecule has 80 heavy (non-hydrogen) atoms. The van der Waals surface area contributed by atoms with Gasteiger partial charge in [-0.2, -0.15) is 0 Å². The van der Waals surface area contributed by atoms with Gasteiger partial charge in [-0.05, 0) is 44.9 Å². The molecular weight excluding hydrogens is 1010 g/mol. The lowest BCUT2D eigenvalue weighted by atomic mass is 9.97. The van der Waals surface area contributed by atoms with Crippen LogP contribution in [0.15, 0.2) is 24.3 Å². The number of amides is 1. The lowest BCUT2D eigenvalue weighted by Gasteiger charge is -2.46. The Kier molecular flexibility index (Phi) is 48.3. The summed E-state index contributed by atoms with van der Waals surface area (Å²) in [6, 6.07) is -0.822. The van der Waals surface area contributed by atoms with Crippen molar-refractivity contribution >= 4 is 5.91 Å². The number of hydrogen-bond acceptors (Lipinski definition) is 13. The van der Waals surface area contributed by atoms with Gasteiger partial charge in [-0.1, -0.05) is 269 Å². The second kappa shape index (κ2) is 51.9. The predicted molar refractivity (Wildman–Crippen MR) is 323 cm³/mol. The third-order valence-corrected chi connectivity index (χ3v) is 16.7. The number of ether oxygens (including phenoxy) is 4. The van der Waals surface area contributed by atoms with Gasteiger partial charge in [0.1, 0.15) is 48.8 Å². The maximum atomic E-state index is 13.2. The number of unbranched alkanes of at least 4 members (excludes halogenated alkanes) is 38. The second-order valence-corrected chi connectivity index (χ2v) is 24.0. The molecule has 12 atom stereocenters. The number of allylic oxidation sites excluding steroid dienone is 4. The molecule has 472 valence electrons. The van der Waals surface area contributed by atoms with E-state index in [1.54, 1.807) is 0 Å². The monoisotopic (exact) mass is 1140 g/mol. The molecule has 0 bridgehead atoms. The maximum absolute atomic E-state index is 13.2. The van der Waals surface area contributed by atoms with Gasteiger partial charge in [-0.15, -0.1) is 0 Å². The van der Waals surface area contributed by atoms with Crippen LogP contribution >= 0.6 is 0 Å². The van der Waals surface area contributed by atoms with Crippen LogP contribution in [0.4, 0.5) is 0 Å². The first-order valence-corrected chi connectivity index (χ1v) is 33.6. The Bertz CT molecular complexity index is 1440. The molecule has 0 spiro atoms. The highest BCUT2D eigenvalue weighted by molar-refractivity contribution is 5.76. The molecule has 0 aliphatic carbocycles. The lowest BCUT2D eigenvalue weighted by molar-refractivity contribution is -0.359. The Balaban J connectivity index is 1.48. The Morgan fingerprint density at radius 2 is 0.825 bits per heavy atom. The van der Waals surface area contributed by atoms with Crippen molar-refractivity contribution in [2.45, 2.75) is 370 Å². The van der Waals surface area contributed by atoms with Gasteiger partial charge < -0.3 is 65.1 Å². The van der Waals surface area contributed by atoms with Crippen LogP contribution in [0.1, 0.15) is 296 Å². The van der Waals surface area contributed by atoms with Gasteiger partial charge in [-0.3, -0.25) is 4.79 Å². The number of nitrogens with one attached hydrogen (secondary N) is 1. The molecule has 2 aliphatic rings. The smallest absolute Gasteiger partial charge is 0.220 e. The van der Waals surface area contributed by atoms with Crippen molar-refractivity contribution in [3.63, 3.8) is 0 Å². The average molecular weight is 1140 g/mol. The summed E-state index contributed by atoms with van der Waals surface area (Å²) in [6.07, 6.45) is 47.0. The predicted octanol–water partition coefficient (Wildman–Crippen LogP) is 12.8. The van der Waals surface area contributed by atoms with Gasteiger partial charge in [0, 0.05) is 6.42 Å². The van der Waals surface area contributed by atoms with E-state index in [0.29, 0.717) is 12.8 Å². The molecule has 2 rings (SSSR count). The van der Waals surface area contributed by atoms with Gasteiger partial charge in [0.15, 0.2) is 12.6 Å². The highest BCUT2D eigenvalue weighted by Crippen LogP contribution is 2.30. The molecule has 2 aliphatic heterocycles. The number of carbonyl (C=O) groups is 1. The van der Waals surface area contributed by atoms with Crippen LogP contribution in [0.2, 0.25) is 0 Å². The van der Waals surface area contributed by atoms with Gasteiger partial charge in [0.25, 0.3) is 0 Å². The summed E-state index contributed by atoms with van der Waals surface area (Å²) >= 11 is 0. The second-order valence-electron chi connectivity index (χ2n) is 24.0. The van der Waals surface area contributed by atoms with Crippen molar-refractivity contribution in [1.82, 2.24) is 5.32 Å². The van der Waals surface area contributed by atoms with E-state index in [1.807, 2.05) is 0 Å². The fourth-order valence-corrected chi connectivity index (χ4v) is 11.3. The molecule has 0 aromatic carbocycles. The largest absolute Gasteiger partial charge is 0.394 e. The lowest BCUT2D eigenvalue weighted by Crippen LogP contribution is -2.65. The molecule has 2 fully saturated rings. The van der Waals surface area contributed by atoms with Crippen LogP contribution in [-0.4, -0.2) is 140 Å². The van der Waals surface area contributed by atoms with Crippen LogP contribution in [-0.2, 0) is 23.7 Å². The van der Waals surface area contributed by atoms with Crippen molar-refractivity contribution in [1.29, 1.82) is 0 Å². The highest BCUT2D eigenvalue weighted by atomic mass is 16.7. The molecule has 2 heterocycles. The summed E-state index contributed by atoms with van der Waals surface area (Å²) in [5.74, 6) is -0.205. The van der Waals surface area contributed by atoms with E-state index in [1.165, 1.54) is 212 Å². The standard InChI is InChI=1S/C66H125NO13/c1-3-5-7-9-11-12-13-14-15-16-17-18-19-20-21-22-23-24-25-26-27-28-29-30-31-32-33-34-35-36-37-38-39-40-41-42-44-46-48-50-58(71)67-54(55(70)49-47-45-43-10-8-6-4-2)53-77-65-63(76)61(74)64(57(52-69)79-65)80-66-62(75)60(73)59(72)56(51-68)78-66/h13-14,16-17,54-57,59-66,68-70,72-76H,3-12,15,18-53H2,1-2H3,(H,67,71)/b14-13-,17-16-. The minimum atomic E-state index is -1.78. The van der Waals surface area contributed by atoms with E-state index in [4.69, 9.17) is 18.9 Å². The Morgan fingerprint density at radius 1 is 0.450 bits per heavy atom. The SMILES string of the molecule is CCCCCCC/C=C\C/C=C\CCCCCCCCCCCCCCCCCCCCCCCCCCCCCC(=O)NC(COC1OC(CO)C(OC2OC(CO)C(O)C(O)C2O)C(O)C1O)C(O)CCCCCCCCC. The molecule has 0 radical (unpaired) electrons. The molecule has 12 unspecified atom stereocenters. The van der Waals surface area contributed by atoms with Crippen molar-refractivity contribution < 1.29 is 64.6 Å². The van der Waals surface area contributed by atoms with Crippen molar-refractivity contribution in [2.24, 2.45) is 0 Å². The van der Waals surface area contributed by atoms with Crippen LogP contribution in [0, 0.1) is 0 Å². The Morgan fingerprint density at radius 3 is 1.25 bits per heavy atom. The topological polar surface area (TPSA) is 228 Å². The van der Waals surface area contributed by atoms with E-state index in [0.717, 1.165) is 57.8 Å². The number of rotatable bonds is 55. The molecule has 14 heteroatoms. The van der Waals surface area contributed by atoms with E-state index in [9.17, 15) is 45.6 Å². The normalized spacial score (nSPS) is 24.3. The highest BCUT2D eigenvalue weighted by Gasteiger charge is 2.51. The molecule has 0 aromatic heterocycles. The zero-order chi connectivity index (χ0) is 58.1. The molecule has 0 saturated carbocycles. The molecular formula is C66H125NO13. The summed E-state index contributed by atoms with van der Waals surface area (Å²) in [5, 5.41) is 86.9. The van der Waals surface area contributed by atoms with Gasteiger partial charge in [0.2, 0.25) is 5.91 Å². The van der Waals surface area contributed by atoms with E-state index in [2.05, 4.69) is 43.5 Å². The van der Waals surface area contributed by atoms with Crippen LogP contribution in [0.25, 0.3) is 0 Å². The van der Waals surface area contributed by atoms with E-state index < -0.39 is 86.8 Å². The zero-order valence-electron chi connectivity index (χ0n) is 51.1. The van der Waals surface area contributed by atoms with Crippen LogP contribution in [0.5, 0.6) is 0 Å². The van der Waals surface area contributed by atoms with E-state index >= 15 is 0 Å². The number of aliphatic hydroxyl groups excluding tert-OH is 8.